The Labute approximate surface area is 258 Å². The first kappa shape index (κ1) is 36.2. The van der Waals surface area contributed by atoms with Crippen molar-refractivity contribution in [3.8, 4) is 0 Å². The number of pyridine rings is 2. The standard InChI is InChI=1S/2C11H6F2N.C11H20O2.Ir/c2*12-8-4-5-9(10(13)7-8)11-3-1-2-6-14-11;1-10(2,3)8(12)7-9(13)11(4,5)6;/h2*1-4,6-7H;7,12H,1-6H3;/q2*-1;;+3/p-1. The Bertz CT molecular complexity index is 1350. The van der Waals surface area contributed by atoms with Crippen LogP contribution in [0.4, 0.5) is 17.6 Å². The minimum absolute atomic E-state index is 0. The maximum Gasteiger partial charge on any atom is 3.00 e. The molecule has 2 aromatic heterocycles. The molecule has 0 saturated carbocycles. The SMILES string of the molecule is CC(C)(C)C(=O)C=C([O-])C(C)(C)C.FC1=C[C-](F)C(c2ccccn2)=C=C1.FC1=C[C-](F)C(c2ccccn2)=C=C1.[Ir+3]. The number of hydrogen-bond donors (Lipinski definition) is 0. The van der Waals surface area contributed by atoms with Gasteiger partial charge in [-0.3, -0.25) is 22.4 Å². The summed E-state index contributed by atoms with van der Waals surface area (Å²) in [7, 11) is 0. The molecular formula is C33H31F4IrN2O2. The molecule has 222 valence electrons. The van der Waals surface area contributed by atoms with E-state index in [2.05, 4.69) is 21.4 Å². The van der Waals surface area contributed by atoms with Crippen LogP contribution in [0.15, 0.2) is 108 Å². The summed E-state index contributed by atoms with van der Waals surface area (Å²) >= 11 is 0. The van der Waals surface area contributed by atoms with Gasteiger partial charge >= 0.3 is 20.1 Å². The summed E-state index contributed by atoms with van der Waals surface area (Å²) in [5.41, 5.74) is 5.37. The van der Waals surface area contributed by atoms with Crippen LogP contribution in [0.5, 0.6) is 0 Å². The molecule has 0 unspecified atom stereocenters. The molecule has 0 aromatic carbocycles. The van der Waals surface area contributed by atoms with E-state index in [4.69, 9.17) is 0 Å². The van der Waals surface area contributed by atoms with E-state index in [0.29, 0.717) is 11.4 Å². The molecule has 0 N–H and O–H groups in total. The van der Waals surface area contributed by atoms with Gasteiger partial charge in [0.15, 0.2) is 5.78 Å². The molecule has 0 radical (unpaired) electrons. The van der Waals surface area contributed by atoms with Gasteiger partial charge in [-0.05, 0) is 35.0 Å². The fourth-order valence-corrected chi connectivity index (χ4v) is 2.86. The van der Waals surface area contributed by atoms with E-state index < -0.39 is 34.8 Å². The van der Waals surface area contributed by atoms with Gasteiger partial charge in [0.2, 0.25) is 0 Å². The van der Waals surface area contributed by atoms with E-state index >= 15 is 0 Å². The van der Waals surface area contributed by atoms with E-state index in [-0.39, 0.29) is 42.8 Å². The first-order valence-corrected chi connectivity index (χ1v) is 12.6. The summed E-state index contributed by atoms with van der Waals surface area (Å²) in [5.74, 6) is -1.48. The Morgan fingerprint density at radius 3 is 1.48 bits per heavy atom. The van der Waals surface area contributed by atoms with Crippen LogP contribution in [0.3, 0.4) is 0 Å². The first-order valence-electron chi connectivity index (χ1n) is 12.6. The minimum Gasteiger partial charge on any atom is -0.875 e. The zero-order chi connectivity index (χ0) is 30.8. The van der Waals surface area contributed by atoms with Gasteiger partial charge in [-0.25, -0.2) is 11.5 Å². The molecule has 0 bridgehead atoms. The summed E-state index contributed by atoms with van der Waals surface area (Å²) in [6.45, 7) is 10.8. The maximum absolute atomic E-state index is 13.2. The predicted octanol–water partition coefficient (Wildman–Crippen LogP) is 7.87. The van der Waals surface area contributed by atoms with Crippen molar-refractivity contribution in [2.75, 3.05) is 0 Å². The molecule has 0 saturated heterocycles. The van der Waals surface area contributed by atoms with Crippen LogP contribution in [0.2, 0.25) is 0 Å². The van der Waals surface area contributed by atoms with Gasteiger partial charge in [0.05, 0.1) is 0 Å². The second-order valence-electron chi connectivity index (χ2n) is 10.9. The smallest absolute Gasteiger partial charge is 0.875 e. The van der Waals surface area contributed by atoms with Crippen LogP contribution in [0.1, 0.15) is 52.9 Å². The second kappa shape index (κ2) is 16.0. The predicted molar refractivity (Wildman–Crippen MR) is 151 cm³/mol. The van der Waals surface area contributed by atoms with Crippen molar-refractivity contribution in [3.05, 3.63) is 132 Å². The van der Waals surface area contributed by atoms with Gasteiger partial charge in [-0.1, -0.05) is 101 Å². The molecule has 0 amide bonds. The van der Waals surface area contributed by atoms with E-state index in [1.54, 1.807) is 48.8 Å². The van der Waals surface area contributed by atoms with Crippen molar-refractivity contribution in [2.24, 2.45) is 10.8 Å². The third-order valence-corrected chi connectivity index (χ3v) is 5.30. The molecule has 0 atom stereocenters. The second-order valence-corrected chi connectivity index (χ2v) is 10.9. The van der Waals surface area contributed by atoms with Crippen LogP contribution in [-0.2, 0) is 24.9 Å². The van der Waals surface area contributed by atoms with Crippen LogP contribution in [0.25, 0.3) is 11.1 Å². The average Bonchev–Trinajstić information content (AvgIpc) is 2.89. The number of hydrogen-bond acceptors (Lipinski definition) is 4. The molecule has 9 heteroatoms. The molecular weight excluding hydrogens is 725 g/mol. The quantitative estimate of drug-likeness (QED) is 0.105. The fraction of sp³-hybridized carbons (Fsp3) is 0.242. The number of allylic oxidation sites excluding steroid dienone is 8. The van der Waals surface area contributed by atoms with Crippen molar-refractivity contribution in [1.82, 2.24) is 9.97 Å². The van der Waals surface area contributed by atoms with E-state index in [0.717, 1.165) is 24.3 Å². The van der Waals surface area contributed by atoms with Gasteiger partial charge < -0.3 is 15.1 Å². The largest absolute Gasteiger partial charge is 3.00 e. The Kier molecular flexibility index (Phi) is 13.7. The van der Waals surface area contributed by atoms with Crippen LogP contribution in [0, 0.1) is 23.2 Å². The number of ketones is 1. The molecule has 42 heavy (non-hydrogen) atoms. The topological polar surface area (TPSA) is 65.9 Å². The van der Waals surface area contributed by atoms with Crippen molar-refractivity contribution < 1.29 is 47.6 Å². The number of halogens is 4. The summed E-state index contributed by atoms with van der Waals surface area (Å²) in [6.07, 6.45) is 6.84. The van der Waals surface area contributed by atoms with Crippen LogP contribution < -0.4 is 5.11 Å². The molecule has 2 heterocycles. The summed E-state index contributed by atoms with van der Waals surface area (Å²) in [4.78, 5) is 19.3. The van der Waals surface area contributed by atoms with Gasteiger partial charge in [-0.2, -0.15) is 0 Å². The maximum atomic E-state index is 13.2. The van der Waals surface area contributed by atoms with Gasteiger partial charge in [0, 0.05) is 41.8 Å². The molecule has 0 aliphatic heterocycles. The Balaban J connectivity index is 0.000000312. The third kappa shape index (κ3) is 11.6. The zero-order valence-electron chi connectivity index (χ0n) is 24.1. The number of carbonyl (C=O) groups is 1. The molecule has 4 nitrogen and oxygen atoms in total. The number of aromatic nitrogens is 2. The summed E-state index contributed by atoms with van der Waals surface area (Å²) in [6, 6.07) is 10.2. The fourth-order valence-electron chi connectivity index (χ4n) is 2.86. The molecule has 4 rings (SSSR count). The molecule has 2 aromatic rings. The molecule has 0 spiro atoms. The van der Waals surface area contributed by atoms with Gasteiger partial charge in [0.1, 0.15) is 0 Å². The summed E-state index contributed by atoms with van der Waals surface area (Å²) < 4.78 is 51.6. The monoisotopic (exact) mass is 756 g/mol. The van der Waals surface area contributed by atoms with Crippen LogP contribution >= 0.6 is 0 Å². The number of nitrogens with zero attached hydrogens (tertiary/aromatic N) is 2. The number of carbonyl (C=O) groups excluding carboxylic acids is 1. The molecule has 0 fully saturated rings. The first-order chi connectivity index (χ1) is 19.1. The van der Waals surface area contributed by atoms with E-state index in [1.807, 2.05) is 41.5 Å². The zero-order valence-corrected chi connectivity index (χ0v) is 26.5. The minimum atomic E-state index is -0.649. The van der Waals surface area contributed by atoms with Crippen molar-refractivity contribution in [3.63, 3.8) is 0 Å². The van der Waals surface area contributed by atoms with Crippen molar-refractivity contribution in [2.45, 2.75) is 41.5 Å². The molecule has 2 aliphatic rings. The molecule has 2 aliphatic carbocycles. The normalized spacial score (nSPS) is 14.6. The van der Waals surface area contributed by atoms with Gasteiger partial charge in [0.25, 0.3) is 0 Å². The van der Waals surface area contributed by atoms with Gasteiger partial charge in [-0.15, -0.1) is 5.76 Å². The van der Waals surface area contributed by atoms with Crippen molar-refractivity contribution in [1.29, 1.82) is 0 Å². The Morgan fingerprint density at radius 1 is 0.786 bits per heavy atom. The van der Waals surface area contributed by atoms with E-state index in [9.17, 15) is 27.5 Å². The third-order valence-electron chi connectivity index (χ3n) is 5.30. The van der Waals surface area contributed by atoms with Crippen molar-refractivity contribution >= 4 is 16.9 Å². The Morgan fingerprint density at radius 2 is 1.19 bits per heavy atom. The van der Waals surface area contributed by atoms with Crippen LogP contribution in [-0.4, -0.2) is 15.8 Å². The van der Waals surface area contributed by atoms with E-state index in [1.165, 1.54) is 6.08 Å². The summed E-state index contributed by atoms with van der Waals surface area (Å²) in [5, 5.41) is 11.4. The average molecular weight is 756 g/mol. The number of rotatable bonds is 3. The Hall–Kier alpha value is -3.86.